The molecule has 0 bridgehead atoms. The molecular weight excluding hydrogens is 470 g/mol. The largest absolute Gasteiger partial charge is 0.378 e. The van der Waals surface area contributed by atoms with Gasteiger partial charge in [-0.15, -0.1) is 11.3 Å². The SMILES string of the molecule is CC(C)c1ccc(/C=c2\s/c(=C(/C#N)C(=O)N3CCOCC3)n(-c3ccc(Cl)cc3)c2=O)cc1. The van der Waals surface area contributed by atoms with Gasteiger partial charge in [0.25, 0.3) is 11.5 Å². The Balaban J connectivity index is 1.94. The van der Waals surface area contributed by atoms with Crippen LogP contribution in [0.3, 0.4) is 0 Å². The zero-order valence-electron chi connectivity index (χ0n) is 19.0. The predicted molar refractivity (Wildman–Crippen MR) is 135 cm³/mol. The van der Waals surface area contributed by atoms with Crippen molar-refractivity contribution < 1.29 is 9.53 Å². The van der Waals surface area contributed by atoms with E-state index in [1.54, 1.807) is 35.2 Å². The molecule has 4 rings (SSSR count). The van der Waals surface area contributed by atoms with E-state index >= 15 is 0 Å². The third kappa shape index (κ3) is 5.00. The molecule has 174 valence electrons. The number of carbonyl (C=O) groups excluding carboxylic acids is 1. The smallest absolute Gasteiger partial charge is 0.273 e. The summed E-state index contributed by atoms with van der Waals surface area (Å²) in [5.74, 6) is 0.00566. The van der Waals surface area contributed by atoms with Crippen LogP contribution in [-0.2, 0) is 9.53 Å². The van der Waals surface area contributed by atoms with E-state index in [9.17, 15) is 14.9 Å². The first-order valence-electron chi connectivity index (χ1n) is 11.0. The van der Waals surface area contributed by atoms with Gasteiger partial charge >= 0.3 is 0 Å². The summed E-state index contributed by atoms with van der Waals surface area (Å²) >= 11 is 7.19. The van der Waals surface area contributed by atoms with Crippen LogP contribution in [0.15, 0.2) is 53.3 Å². The molecule has 0 saturated carbocycles. The molecule has 6 nitrogen and oxygen atoms in total. The fourth-order valence-electron chi connectivity index (χ4n) is 3.71. The highest BCUT2D eigenvalue weighted by atomic mass is 35.5. The van der Waals surface area contributed by atoms with Gasteiger partial charge in [0.2, 0.25) is 0 Å². The lowest BCUT2D eigenvalue weighted by atomic mass is 10.0. The second kappa shape index (κ2) is 10.4. The number of thiazole rings is 1. The van der Waals surface area contributed by atoms with E-state index in [0.29, 0.717) is 52.1 Å². The van der Waals surface area contributed by atoms with E-state index in [-0.39, 0.29) is 11.1 Å². The second-order valence-electron chi connectivity index (χ2n) is 8.25. The van der Waals surface area contributed by atoms with Crippen LogP contribution < -0.4 is 14.8 Å². The molecule has 2 heterocycles. The molecule has 0 N–H and O–H groups in total. The van der Waals surface area contributed by atoms with Gasteiger partial charge in [0, 0.05) is 18.1 Å². The normalized spacial score (nSPS) is 15.4. The number of amides is 1. The summed E-state index contributed by atoms with van der Waals surface area (Å²) in [5, 5.41) is 10.5. The van der Waals surface area contributed by atoms with Gasteiger partial charge in [-0.3, -0.25) is 14.2 Å². The van der Waals surface area contributed by atoms with Crippen molar-refractivity contribution in [3.8, 4) is 11.8 Å². The fraction of sp³-hybridized carbons (Fsp3) is 0.269. The lowest BCUT2D eigenvalue weighted by Gasteiger charge is -2.26. The van der Waals surface area contributed by atoms with Crippen LogP contribution in [0.4, 0.5) is 0 Å². The number of halogens is 1. The van der Waals surface area contributed by atoms with E-state index in [1.807, 2.05) is 24.3 Å². The van der Waals surface area contributed by atoms with Crippen LogP contribution >= 0.6 is 22.9 Å². The maximum Gasteiger partial charge on any atom is 0.273 e. The van der Waals surface area contributed by atoms with Crippen molar-refractivity contribution in [3.63, 3.8) is 0 Å². The number of benzene rings is 2. The Morgan fingerprint density at radius 1 is 1.12 bits per heavy atom. The first-order chi connectivity index (χ1) is 16.4. The summed E-state index contributed by atoms with van der Waals surface area (Å²) in [6.07, 6.45) is 1.79. The number of carbonyl (C=O) groups is 1. The van der Waals surface area contributed by atoms with Crippen LogP contribution in [0, 0.1) is 11.3 Å². The molecule has 0 aliphatic carbocycles. The highest BCUT2D eigenvalue weighted by Gasteiger charge is 2.24. The van der Waals surface area contributed by atoms with Crippen molar-refractivity contribution in [1.29, 1.82) is 5.26 Å². The minimum absolute atomic E-state index is 0.0613. The summed E-state index contributed by atoms with van der Waals surface area (Å²) in [5.41, 5.74) is 2.26. The second-order valence-corrected chi connectivity index (χ2v) is 9.71. The molecule has 3 aromatic rings. The highest BCUT2D eigenvalue weighted by molar-refractivity contribution is 7.07. The molecule has 1 fully saturated rings. The van der Waals surface area contributed by atoms with E-state index in [4.69, 9.17) is 16.3 Å². The average Bonchev–Trinajstić information content (AvgIpc) is 3.16. The van der Waals surface area contributed by atoms with Gasteiger partial charge < -0.3 is 9.64 Å². The van der Waals surface area contributed by atoms with E-state index in [1.165, 1.54) is 10.1 Å². The molecule has 0 unspecified atom stereocenters. The molecule has 0 atom stereocenters. The van der Waals surface area contributed by atoms with Gasteiger partial charge in [-0.05, 0) is 47.4 Å². The highest BCUT2D eigenvalue weighted by Crippen LogP contribution is 2.15. The zero-order chi connectivity index (χ0) is 24.2. The van der Waals surface area contributed by atoms with Gasteiger partial charge in [0.05, 0.1) is 23.4 Å². The number of nitrogens with zero attached hydrogens (tertiary/aromatic N) is 3. The third-order valence-electron chi connectivity index (χ3n) is 5.65. The van der Waals surface area contributed by atoms with Crippen molar-refractivity contribution >= 4 is 40.5 Å². The first kappa shape index (κ1) is 24.0. The number of ether oxygens (including phenoxy) is 1. The lowest BCUT2D eigenvalue weighted by Crippen LogP contribution is -2.42. The molecule has 1 saturated heterocycles. The van der Waals surface area contributed by atoms with Crippen molar-refractivity contribution in [2.45, 2.75) is 19.8 Å². The molecule has 1 amide bonds. The molecule has 2 aromatic carbocycles. The van der Waals surface area contributed by atoms with Crippen LogP contribution in [0.25, 0.3) is 17.3 Å². The van der Waals surface area contributed by atoms with Crippen molar-refractivity contribution in [1.82, 2.24) is 9.47 Å². The maximum absolute atomic E-state index is 13.5. The summed E-state index contributed by atoms with van der Waals surface area (Å²) < 4.78 is 7.49. The zero-order valence-corrected chi connectivity index (χ0v) is 20.5. The number of hydrogen-bond donors (Lipinski definition) is 0. The molecule has 0 radical (unpaired) electrons. The van der Waals surface area contributed by atoms with Crippen LogP contribution in [0.5, 0.6) is 0 Å². The van der Waals surface area contributed by atoms with Gasteiger partial charge in [-0.1, -0.05) is 49.7 Å². The summed E-state index contributed by atoms with van der Waals surface area (Å²) in [6.45, 7) is 5.90. The minimum Gasteiger partial charge on any atom is -0.378 e. The number of nitriles is 1. The predicted octanol–water partition coefficient (Wildman–Crippen LogP) is 3.04. The molecule has 0 spiro atoms. The van der Waals surface area contributed by atoms with Gasteiger partial charge in [0.15, 0.2) is 5.57 Å². The number of rotatable bonds is 4. The van der Waals surface area contributed by atoms with E-state index in [0.717, 1.165) is 16.9 Å². The summed E-state index contributed by atoms with van der Waals surface area (Å²) in [4.78, 5) is 28.3. The standard InChI is InChI=1S/C26H24ClN3O3S/c1-17(2)19-5-3-18(4-6-19)15-23-25(32)30(21-9-7-20(27)8-10-21)26(34-23)22(16-28)24(31)29-11-13-33-14-12-29/h3-10,15,17H,11-14H2,1-2H3/b23-15-,26-22-. The van der Waals surface area contributed by atoms with Crippen LogP contribution in [0.1, 0.15) is 30.9 Å². The Bertz CT molecular complexity index is 1410. The molecule has 8 heteroatoms. The number of aromatic nitrogens is 1. The molecule has 34 heavy (non-hydrogen) atoms. The number of hydrogen-bond acceptors (Lipinski definition) is 5. The Hall–Kier alpha value is -3.18. The maximum atomic E-state index is 13.5. The van der Waals surface area contributed by atoms with E-state index in [2.05, 4.69) is 19.9 Å². The van der Waals surface area contributed by atoms with E-state index < -0.39 is 5.91 Å². The third-order valence-corrected chi connectivity index (χ3v) is 6.99. The lowest BCUT2D eigenvalue weighted by molar-refractivity contribution is -0.128. The van der Waals surface area contributed by atoms with Crippen LogP contribution in [0.2, 0.25) is 5.02 Å². The molecule has 1 aliphatic rings. The summed E-state index contributed by atoms with van der Waals surface area (Å²) in [7, 11) is 0. The minimum atomic E-state index is -0.400. The van der Waals surface area contributed by atoms with Gasteiger partial charge in [-0.2, -0.15) is 5.26 Å². The van der Waals surface area contributed by atoms with Crippen molar-refractivity contribution in [2.24, 2.45) is 0 Å². The van der Waals surface area contributed by atoms with Crippen molar-refractivity contribution in [2.75, 3.05) is 26.3 Å². The van der Waals surface area contributed by atoms with Crippen LogP contribution in [-0.4, -0.2) is 41.7 Å². The first-order valence-corrected chi connectivity index (χ1v) is 12.2. The number of morpholine rings is 1. The topological polar surface area (TPSA) is 75.3 Å². The monoisotopic (exact) mass is 493 g/mol. The quantitative estimate of drug-likeness (QED) is 0.560. The Morgan fingerprint density at radius 3 is 2.35 bits per heavy atom. The summed E-state index contributed by atoms with van der Waals surface area (Å²) in [6, 6.07) is 16.8. The molecule has 1 aromatic heterocycles. The fourth-order valence-corrected chi connectivity index (χ4v) is 4.94. The average molecular weight is 494 g/mol. The van der Waals surface area contributed by atoms with Gasteiger partial charge in [0.1, 0.15) is 10.7 Å². The Kier molecular flexibility index (Phi) is 7.32. The Morgan fingerprint density at radius 2 is 1.76 bits per heavy atom. The van der Waals surface area contributed by atoms with Crippen molar-refractivity contribution in [3.05, 3.63) is 84.2 Å². The molecule has 1 aliphatic heterocycles. The Labute approximate surface area is 206 Å². The van der Waals surface area contributed by atoms with Gasteiger partial charge in [-0.25, -0.2) is 0 Å². The molecular formula is C26H24ClN3O3S.